The fourth-order valence-corrected chi connectivity index (χ4v) is 6.73. The predicted molar refractivity (Wildman–Crippen MR) is 139 cm³/mol. The molecule has 0 saturated carbocycles. The van der Waals surface area contributed by atoms with Crippen LogP contribution in [-0.2, 0) is 16.6 Å². The Kier molecular flexibility index (Phi) is 8.59. The minimum Gasteiger partial charge on any atom is -0.351 e. The average Bonchev–Trinajstić information content (AvgIpc) is 2.86. The van der Waals surface area contributed by atoms with Gasteiger partial charge < -0.3 is 5.32 Å². The summed E-state index contributed by atoms with van der Waals surface area (Å²) in [5.74, 6) is -0.214. The zero-order valence-corrected chi connectivity index (χ0v) is 21.8. The van der Waals surface area contributed by atoms with Crippen LogP contribution < -0.4 is 5.32 Å². The first-order valence-corrected chi connectivity index (χ1v) is 14.2. The van der Waals surface area contributed by atoms with Crippen LogP contribution in [0.5, 0.6) is 0 Å². The van der Waals surface area contributed by atoms with Gasteiger partial charge in [-0.2, -0.15) is 4.31 Å². The number of piperazine rings is 1. The molecule has 1 amide bonds. The van der Waals surface area contributed by atoms with E-state index < -0.39 is 10.0 Å². The summed E-state index contributed by atoms with van der Waals surface area (Å²) in [6, 6.07) is 15.4. The van der Waals surface area contributed by atoms with Crippen molar-refractivity contribution in [1.82, 2.24) is 19.4 Å². The van der Waals surface area contributed by atoms with Gasteiger partial charge >= 0.3 is 0 Å². The van der Waals surface area contributed by atoms with Crippen LogP contribution in [-0.4, -0.2) is 80.3 Å². The van der Waals surface area contributed by atoms with Crippen LogP contribution in [0, 0.1) is 6.92 Å². The van der Waals surface area contributed by atoms with Gasteiger partial charge in [0.05, 0.1) is 4.90 Å². The lowest BCUT2D eigenvalue weighted by molar-refractivity contribution is 0.0933. The molecule has 7 nitrogen and oxygen atoms in total. The molecule has 1 N–H and O–H groups in total. The van der Waals surface area contributed by atoms with Gasteiger partial charge in [0.1, 0.15) is 0 Å². The molecule has 2 aliphatic rings. The van der Waals surface area contributed by atoms with E-state index in [1.807, 2.05) is 19.9 Å². The number of rotatable bonds is 8. The van der Waals surface area contributed by atoms with E-state index >= 15 is 0 Å². The van der Waals surface area contributed by atoms with Crippen molar-refractivity contribution >= 4 is 15.9 Å². The maximum Gasteiger partial charge on any atom is 0.251 e. The van der Waals surface area contributed by atoms with Gasteiger partial charge in [0.15, 0.2) is 0 Å². The van der Waals surface area contributed by atoms with E-state index in [0.717, 1.165) is 64.1 Å². The summed E-state index contributed by atoms with van der Waals surface area (Å²) in [6.07, 6.45) is 2.80. The molecule has 0 aromatic heterocycles. The molecule has 4 rings (SSSR count). The SMILES string of the molecule is Cc1ccc(S(=O)(=O)N2CCCCC2C)cc1C(=O)NCCN1CCN(Cc2ccccc2)CC1. The maximum atomic E-state index is 13.2. The highest BCUT2D eigenvalue weighted by Gasteiger charge is 2.31. The fourth-order valence-electron chi connectivity index (χ4n) is 5.01. The van der Waals surface area contributed by atoms with Crippen LogP contribution in [0.2, 0.25) is 0 Å². The van der Waals surface area contributed by atoms with Gasteiger partial charge in [-0.25, -0.2) is 8.42 Å². The quantitative estimate of drug-likeness (QED) is 0.606. The monoisotopic (exact) mass is 498 g/mol. The molecule has 2 saturated heterocycles. The lowest BCUT2D eigenvalue weighted by Gasteiger charge is -2.34. The van der Waals surface area contributed by atoms with Gasteiger partial charge in [0.25, 0.3) is 5.91 Å². The van der Waals surface area contributed by atoms with Gasteiger partial charge in [0, 0.05) is 64.0 Å². The van der Waals surface area contributed by atoms with Crippen molar-refractivity contribution in [2.45, 2.75) is 50.6 Å². The van der Waals surface area contributed by atoms with Crippen LogP contribution in [0.25, 0.3) is 0 Å². The summed E-state index contributed by atoms with van der Waals surface area (Å²) in [5.41, 5.74) is 2.55. The van der Waals surface area contributed by atoms with E-state index in [-0.39, 0.29) is 16.8 Å². The van der Waals surface area contributed by atoms with Gasteiger partial charge in [-0.15, -0.1) is 0 Å². The molecule has 190 valence electrons. The molecule has 2 aromatic carbocycles. The van der Waals surface area contributed by atoms with Crippen molar-refractivity contribution in [2.75, 3.05) is 45.8 Å². The molecule has 1 atom stereocenters. The summed E-state index contributed by atoms with van der Waals surface area (Å²) in [7, 11) is -3.61. The first-order valence-electron chi connectivity index (χ1n) is 12.7. The van der Waals surface area contributed by atoms with Crippen LogP contribution >= 0.6 is 0 Å². The molecule has 2 aliphatic heterocycles. The first kappa shape index (κ1) is 25.8. The lowest BCUT2D eigenvalue weighted by atomic mass is 10.1. The van der Waals surface area contributed by atoms with E-state index in [1.54, 1.807) is 22.5 Å². The van der Waals surface area contributed by atoms with Gasteiger partial charge in [-0.3, -0.25) is 14.6 Å². The highest BCUT2D eigenvalue weighted by Crippen LogP contribution is 2.26. The van der Waals surface area contributed by atoms with E-state index in [4.69, 9.17) is 0 Å². The molecule has 0 aliphatic carbocycles. The Morgan fingerprint density at radius 2 is 1.69 bits per heavy atom. The van der Waals surface area contributed by atoms with E-state index in [1.165, 1.54) is 5.56 Å². The molecular weight excluding hydrogens is 460 g/mol. The molecule has 1 unspecified atom stereocenters. The van der Waals surface area contributed by atoms with Crippen molar-refractivity contribution in [3.05, 3.63) is 65.2 Å². The number of nitrogens with one attached hydrogen (secondary N) is 1. The Morgan fingerprint density at radius 3 is 2.40 bits per heavy atom. The topological polar surface area (TPSA) is 73.0 Å². The minimum absolute atomic E-state index is 0.0134. The van der Waals surface area contributed by atoms with Crippen molar-refractivity contribution in [3.8, 4) is 0 Å². The summed E-state index contributed by atoms with van der Waals surface area (Å²) < 4.78 is 28.0. The van der Waals surface area contributed by atoms with Crippen molar-refractivity contribution < 1.29 is 13.2 Å². The van der Waals surface area contributed by atoms with Crippen LogP contribution in [0.15, 0.2) is 53.4 Å². The average molecular weight is 499 g/mol. The molecule has 8 heteroatoms. The number of hydrogen-bond donors (Lipinski definition) is 1. The number of carbonyl (C=O) groups excluding carboxylic acids is 1. The number of nitrogens with zero attached hydrogens (tertiary/aromatic N) is 3. The Morgan fingerprint density at radius 1 is 0.971 bits per heavy atom. The maximum absolute atomic E-state index is 13.2. The minimum atomic E-state index is -3.61. The van der Waals surface area contributed by atoms with Gasteiger partial charge in [0.2, 0.25) is 10.0 Å². The normalized spacial score (nSPS) is 20.6. The molecule has 0 spiro atoms. The standard InChI is InChI=1S/C27H38N4O3S/c1-22-11-12-25(35(33,34)31-14-7-6-8-23(31)2)20-26(22)27(32)28-13-15-29-16-18-30(19-17-29)21-24-9-4-3-5-10-24/h3-5,9-12,20,23H,6-8,13-19,21H2,1-2H3,(H,28,32). The van der Waals surface area contributed by atoms with Crippen molar-refractivity contribution in [1.29, 1.82) is 0 Å². The van der Waals surface area contributed by atoms with Gasteiger partial charge in [-0.05, 0) is 49.9 Å². The molecule has 2 fully saturated rings. The second-order valence-electron chi connectivity index (χ2n) is 9.80. The molecule has 0 bridgehead atoms. The first-order chi connectivity index (χ1) is 16.8. The highest BCUT2D eigenvalue weighted by molar-refractivity contribution is 7.89. The fraction of sp³-hybridized carbons (Fsp3) is 0.519. The summed E-state index contributed by atoms with van der Waals surface area (Å²) in [6.45, 7) is 10.6. The second kappa shape index (κ2) is 11.6. The Hall–Kier alpha value is -2.26. The smallest absolute Gasteiger partial charge is 0.251 e. The largest absolute Gasteiger partial charge is 0.351 e. The van der Waals surface area contributed by atoms with Crippen molar-refractivity contribution in [2.24, 2.45) is 0 Å². The number of benzene rings is 2. The number of hydrogen-bond acceptors (Lipinski definition) is 5. The van der Waals surface area contributed by atoms with Crippen LogP contribution in [0.4, 0.5) is 0 Å². The van der Waals surface area contributed by atoms with E-state index in [2.05, 4.69) is 39.4 Å². The summed E-state index contributed by atoms with van der Waals surface area (Å²) in [4.78, 5) is 18.0. The molecule has 0 radical (unpaired) electrons. The Bertz CT molecular complexity index is 1100. The number of piperidine rings is 1. The predicted octanol–water partition coefficient (Wildman–Crippen LogP) is 3.11. The lowest BCUT2D eigenvalue weighted by Crippen LogP contribution is -2.48. The third-order valence-corrected chi connectivity index (χ3v) is 9.24. The van der Waals surface area contributed by atoms with Crippen LogP contribution in [0.3, 0.4) is 0 Å². The van der Waals surface area contributed by atoms with Crippen molar-refractivity contribution in [3.63, 3.8) is 0 Å². The third-order valence-electron chi connectivity index (χ3n) is 7.23. The Labute approximate surface area is 210 Å². The molecule has 2 heterocycles. The summed E-state index contributed by atoms with van der Waals surface area (Å²) in [5, 5.41) is 3.00. The number of amides is 1. The molecule has 35 heavy (non-hydrogen) atoms. The third kappa shape index (κ3) is 6.50. The van der Waals surface area contributed by atoms with Crippen LogP contribution in [0.1, 0.15) is 47.7 Å². The highest BCUT2D eigenvalue weighted by atomic mass is 32.2. The van der Waals surface area contributed by atoms with E-state index in [0.29, 0.717) is 18.7 Å². The zero-order valence-electron chi connectivity index (χ0n) is 20.9. The second-order valence-corrected chi connectivity index (χ2v) is 11.7. The number of sulfonamides is 1. The zero-order chi connectivity index (χ0) is 24.8. The summed E-state index contributed by atoms with van der Waals surface area (Å²) >= 11 is 0. The Balaban J connectivity index is 1.28. The number of carbonyl (C=O) groups is 1. The number of aryl methyl sites for hydroxylation is 1. The molecule has 2 aromatic rings. The van der Waals surface area contributed by atoms with Gasteiger partial charge in [-0.1, -0.05) is 42.8 Å². The molecular formula is C27H38N4O3S. The van der Waals surface area contributed by atoms with E-state index in [9.17, 15) is 13.2 Å².